The molecule has 2 aromatic rings. The fraction of sp³-hybridized carbons (Fsp3) is 0.333. The summed E-state index contributed by atoms with van der Waals surface area (Å²) < 4.78 is 0. The second-order valence-electron chi connectivity index (χ2n) is 6.66. The molecule has 0 spiro atoms. The number of carbonyl (C=O) groups is 2. The molecule has 136 valence electrons. The summed E-state index contributed by atoms with van der Waals surface area (Å²) in [4.78, 5) is 25.3. The van der Waals surface area contributed by atoms with Gasteiger partial charge >= 0.3 is 0 Å². The van der Waals surface area contributed by atoms with Crippen LogP contribution in [-0.4, -0.2) is 24.1 Å². The molecule has 0 radical (unpaired) electrons. The average molecular weight is 369 g/mol. The number of hydrogen-bond acceptors (Lipinski definition) is 3. The molecule has 1 fully saturated rings. The van der Waals surface area contributed by atoms with Crippen LogP contribution in [0.2, 0.25) is 0 Å². The SMILES string of the molecule is CC1CC1C(=O)Nc1ccc(C(=O)NCCCSc2ccccc2)cc1. The molecule has 1 aliphatic carbocycles. The Bertz CT molecular complexity index is 746. The van der Waals surface area contributed by atoms with E-state index < -0.39 is 0 Å². The van der Waals surface area contributed by atoms with Crippen molar-refractivity contribution in [3.63, 3.8) is 0 Å². The molecule has 0 saturated heterocycles. The van der Waals surface area contributed by atoms with Crippen molar-refractivity contribution in [2.24, 2.45) is 11.8 Å². The van der Waals surface area contributed by atoms with Gasteiger partial charge in [0.05, 0.1) is 0 Å². The molecule has 2 N–H and O–H groups in total. The maximum Gasteiger partial charge on any atom is 0.251 e. The Morgan fingerprint density at radius 1 is 1.08 bits per heavy atom. The number of carbonyl (C=O) groups excluding carboxylic acids is 2. The van der Waals surface area contributed by atoms with Crippen LogP contribution < -0.4 is 10.6 Å². The van der Waals surface area contributed by atoms with Crippen LogP contribution in [0, 0.1) is 11.8 Å². The number of anilines is 1. The predicted molar refractivity (Wildman–Crippen MR) is 106 cm³/mol. The summed E-state index contributed by atoms with van der Waals surface area (Å²) in [6, 6.07) is 17.3. The van der Waals surface area contributed by atoms with Gasteiger partial charge in [0.25, 0.3) is 5.91 Å². The number of thioether (sulfide) groups is 1. The summed E-state index contributed by atoms with van der Waals surface area (Å²) in [5, 5.41) is 5.84. The van der Waals surface area contributed by atoms with E-state index in [9.17, 15) is 9.59 Å². The summed E-state index contributed by atoms with van der Waals surface area (Å²) in [5.41, 5.74) is 1.35. The number of rotatable bonds is 8. The van der Waals surface area contributed by atoms with Crippen molar-refractivity contribution >= 4 is 29.3 Å². The molecule has 0 heterocycles. The highest BCUT2D eigenvalue weighted by atomic mass is 32.2. The van der Waals surface area contributed by atoms with Crippen molar-refractivity contribution in [3.8, 4) is 0 Å². The Hall–Kier alpha value is -2.27. The van der Waals surface area contributed by atoms with E-state index in [2.05, 4.69) is 29.7 Å². The standard InChI is InChI=1S/C21H24N2O2S/c1-15-14-19(15)21(25)23-17-10-8-16(9-11-17)20(24)22-12-5-13-26-18-6-3-2-4-7-18/h2-4,6-11,15,19H,5,12-14H2,1H3,(H,22,24)(H,23,25). The van der Waals surface area contributed by atoms with E-state index in [0.29, 0.717) is 18.0 Å². The van der Waals surface area contributed by atoms with Gasteiger partial charge in [-0.05, 0) is 60.9 Å². The van der Waals surface area contributed by atoms with Crippen LogP contribution in [0.4, 0.5) is 5.69 Å². The highest BCUT2D eigenvalue weighted by Gasteiger charge is 2.39. The van der Waals surface area contributed by atoms with Crippen molar-refractivity contribution in [1.29, 1.82) is 0 Å². The van der Waals surface area contributed by atoms with Gasteiger partial charge in [-0.25, -0.2) is 0 Å². The normalized spacial score (nSPS) is 18.2. The van der Waals surface area contributed by atoms with Gasteiger partial charge in [0.15, 0.2) is 0 Å². The second-order valence-corrected chi connectivity index (χ2v) is 7.83. The van der Waals surface area contributed by atoms with E-state index in [1.807, 2.05) is 18.2 Å². The van der Waals surface area contributed by atoms with Gasteiger partial charge in [-0.1, -0.05) is 25.1 Å². The smallest absolute Gasteiger partial charge is 0.251 e. The number of amides is 2. The van der Waals surface area contributed by atoms with Crippen LogP contribution >= 0.6 is 11.8 Å². The molecule has 0 aromatic heterocycles. The Balaban J connectivity index is 1.37. The lowest BCUT2D eigenvalue weighted by Gasteiger charge is -2.07. The third-order valence-electron chi connectivity index (χ3n) is 4.48. The highest BCUT2D eigenvalue weighted by Crippen LogP contribution is 2.38. The van der Waals surface area contributed by atoms with Crippen molar-refractivity contribution in [2.75, 3.05) is 17.6 Å². The first-order chi connectivity index (χ1) is 12.6. The van der Waals surface area contributed by atoms with E-state index in [0.717, 1.165) is 24.3 Å². The lowest BCUT2D eigenvalue weighted by atomic mass is 10.2. The molecule has 26 heavy (non-hydrogen) atoms. The Labute approximate surface area is 158 Å². The predicted octanol–water partition coefficient (Wildman–Crippen LogP) is 4.19. The maximum atomic E-state index is 12.2. The highest BCUT2D eigenvalue weighted by molar-refractivity contribution is 7.99. The first-order valence-corrected chi connectivity index (χ1v) is 9.99. The van der Waals surface area contributed by atoms with Gasteiger partial charge in [0, 0.05) is 28.6 Å². The van der Waals surface area contributed by atoms with Gasteiger partial charge in [0.1, 0.15) is 0 Å². The minimum atomic E-state index is -0.0802. The van der Waals surface area contributed by atoms with Gasteiger partial charge in [-0.2, -0.15) is 0 Å². The molecule has 0 bridgehead atoms. The van der Waals surface area contributed by atoms with Gasteiger partial charge < -0.3 is 10.6 Å². The van der Waals surface area contributed by atoms with E-state index in [1.54, 1.807) is 36.0 Å². The minimum Gasteiger partial charge on any atom is -0.352 e. The van der Waals surface area contributed by atoms with Crippen LogP contribution in [0.1, 0.15) is 30.1 Å². The zero-order valence-corrected chi connectivity index (χ0v) is 15.7. The average Bonchev–Trinajstić information content (AvgIpc) is 3.40. The van der Waals surface area contributed by atoms with Crippen LogP contribution in [-0.2, 0) is 4.79 Å². The van der Waals surface area contributed by atoms with Crippen molar-refractivity contribution < 1.29 is 9.59 Å². The third kappa shape index (κ3) is 5.36. The fourth-order valence-electron chi connectivity index (χ4n) is 2.71. The van der Waals surface area contributed by atoms with E-state index in [1.165, 1.54) is 4.90 Å². The van der Waals surface area contributed by atoms with Crippen LogP contribution in [0.3, 0.4) is 0 Å². The van der Waals surface area contributed by atoms with Crippen molar-refractivity contribution in [1.82, 2.24) is 5.32 Å². The Morgan fingerprint density at radius 3 is 2.42 bits per heavy atom. The topological polar surface area (TPSA) is 58.2 Å². The number of nitrogens with one attached hydrogen (secondary N) is 2. The molecule has 0 aliphatic heterocycles. The molecular weight excluding hydrogens is 344 g/mol. The largest absolute Gasteiger partial charge is 0.352 e. The molecule has 2 amide bonds. The summed E-state index contributed by atoms with van der Waals surface area (Å²) in [7, 11) is 0. The molecular formula is C21H24N2O2S. The first kappa shape index (κ1) is 18.5. The molecule has 2 atom stereocenters. The van der Waals surface area contributed by atoms with Crippen LogP contribution in [0.5, 0.6) is 0 Å². The van der Waals surface area contributed by atoms with Gasteiger partial charge in [0.2, 0.25) is 5.91 Å². The Morgan fingerprint density at radius 2 is 1.77 bits per heavy atom. The quantitative estimate of drug-likeness (QED) is 0.542. The summed E-state index contributed by atoms with van der Waals surface area (Å²) in [5.74, 6) is 1.59. The molecule has 3 rings (SSSR count). The van der Waals surface area contributed by atoms with Crippen molar-refractivity contribution in [3.05, 3.63) is 60.2 Å². The van der Waals surface area contributed by atoms with Gasteiger partial charge in [-0.15, -0.1) is 11.8 Å². The monoisotopic (exact) mass is 368 g/mol. The molecule has 5 heteroatoms. The molecule has 1 saturated carbocycles. The lowest BCUT2D eigenvalue weighted by molar-refractivity contribution is -0.117. The molecule has 2 aromatic carbocycles. The molecule has 1 aliphatic rings. The van der Waals surface area contributed by atoms with E-state index in [-0.39, 0.29) is 17.7 Å². The summed E-state index contributed by atoms with van der Waals surface area (Å²) >= 11 is 1.79. The van der Waals surface area contributed by atoms with Crippen LogP contribution in [0.15, 0.2) is 59.5 Å². The zero-order valence-electron chi connectivity index (χ0n) is 14.9. The third-order valence-corrected chi connectivity index (χ3v) is 5.58. The van der Waals surface area contributed by atoms with Crippen molar-refractivity contribution in [2.45, 2.75) is 24.7 Å². The second kappa shape index (κ2) is 8.90. The zero-order chi connectivity index (χ0) is 18.4. The molecule has 4 nitrogen and oxygen atoms in total. The van der Waals surface area contributed by atoms with Gasteiger partial charge in [-0.3, -0.25) is 9.59 Å². The minimum absolute atomic E-state index is 0.0746. The van der Waals surface area contributed by atoms with E-state index >= 15 is 0 Å². The van der Waals surface area contributed by atoms with Crippen LogP contribution in [0.25, 0.3) is 0 Å². The number of hydrogen-bond donors (Lipinski definition) is 2. The summed E-state index contributed by atoms with van der Waals surface area (Å²) in [6.45, 7) is 2.73. The molecule has 2 unspecified atom stereocenters. The summed E-state index contributed by atoms with van der Waals surface area (Å²) in [6.07, 6.45) is 1.88. The Kier molecular flexibility index (Phi) is 6.34. The fourth-order valence-corrected chi connectivity index (χ4v) is 3.58. The first-order valence-electron chi connectivity index (χ1n) is 9.00. The van der Waals surface area contributed by atoms with E-state index in [4.69, 9.17) is 0 Å². The lowest BCUT2D eigenvalue weighted by Crippen LogP contribution is -2.24. The maximum absolute atomic E-state index is 12.2. The number of benzene rings is 2.